The SMILES string of the molecule is CN=C(NCCCn1nc(C)cc1C)NCc1nc(-c2cccc(Cl)c2)no1. The first-order valence-electron chi connectivity index (χ1n) is 9.09. The van der Waals surface area contributed by atoms with Crippen LogP contribution in [0.15, 0.2) is 39.8 Å². The van der Waals surface area contributed by atoms with Gasteiger partial charge in [0.2, 0.25) is 11.7 Å². The van der Waals surface area contributed by atoms with E-state index in [1.807, 2.05) is 23.7 Å². The largest absolute Gasteiger partial charge is 0.356 e. The van der Waals surface area contributed by atoms with E-state index < -0.39 is 0 Å². The molecule has 0 atom stereocenters. The third kappa shape index (κ3) is 5.32. The molecule has 0 fully saturated rings. The van der Waals surface area contributed by atoms with Gasteiger partial charge in [0.25, 0.3) is 0 Å². The molecule has 0 aliphatic heterocycles. The van der Waals surface area contributed by atoms with Crippen molar-refractivity contribution < 1.29 is 4.52 Å². The third-order valence-corrected chi connectivity index (χ3v) is 4.36. The number of halogens is 1. The van der Waals surface area contributed by atoms with Crippen molar-refractivity contribution >= 4 is 17.6 Å². The maximum atomic E-state index is 6.00. The number of rotatable bonds is 7. The lowest BCUT2D eigenvalue weighted by Crippen LogP contribution is -2.37. The zero-order valence-electron chi connectivity index (χ0n) is 16.2. The topological polar surface area (TPSA) is 93.2 Å². The van der Waals surface area contributed by atoms with Gasteiger partial charge in [-0.05, 0) is 38.5 Å². The van der Waals surface area contributed by atoms with Crippen LogP contribution in [0, 0.1) is 13.8 Å². The van der Waals surface area contributed by atoms with Crippen LogP contribution in [-0.4, -0.2) is 39.5 Å². The molecule has 0 saturated heterocycles. The number of guanidine groups is 1. The summed E-state index contributed by atoms with van der Waals surface area (Å²) in [5, 5.41) is 15.5. The molecule has 0 spiro atoms. The molecule has 8 nitrogen and oxygen atoms in total. The lowest BCUT2D eigenvalue weighted by atomic mass is 10.2. The van der Waals surface area contributed by atoms with E-state index >= 15 is 0 Å². The van der Waals surface area contributed by atoms with E-state index in [0.29, 0.717) is 29.2 Å². The molecule has 0 saturated carbocycles. The van der Waals surface area contributed by atoms with Crippen LogP contribution in [-0.2, 0) is 13.1 Å². The van der Waals surface area contributed by atoms with Gasteiger partial charge in [0.1, 0.15) is 0 Å². The van der Waals surface area contributed by atoms with Crippen molar-refractivity contribution in [3.05, 3.63) is 52.6 Å². The van der Waals surface area contributed by atoms with Gasteiger partial charge in [0, 0.05) is 36.4 Å². The van der Waals surface area contributed by atoms with Gasteiger partial charge < -0.3 is 15.2 Å². The number of aromatic nitrogens is 4. The van der Waals surface area contributed by atoms with Crippen molar-refractivity contribution in [2.24, 2.45) is 4.99 Å². The summed E-state index contributed by atoms with van der Waals surface area (Å²) in [6.07, 6.45) is 0.933. The molecule has 0 aliphatic carbocycles. The molecule has 9 heteroatoms. The summed E-state index contributed by atoms with van der Waals surface area (Å²) in [5.41, 5.74) is 3.03. The zero-order chi connectivity index (χ0) is 19.9. The Morgan fingerprint density at radius 1 is 1.25 bits per heavy atom. The van der Waals surface area contributed by atoms with Gasteiger partial charge in [0.05, 0.1) is 12.2 Å². The Bertz CT molecular complexity index is 947. The van der Waals surface area contributed by atoms with Crippen LogP contribution in [0.2, 0.25) is 5.02 Å². The van der Waals surface area contributed by atoms with Gasteiger partial charge in [-0.15, -0.1) is 0 Å². The minimum absolute atomic E-state index is 0.380. The highest BCUT2D eigenvalue weighted by Crippen LogP contribution is 2.19. The highest BCUT2D eigenvalue weighted by atomic mass is 35.5. The molecule has 28 heavy (non-hydrogen) atoms. The van der Waals surface area contributed by atoms with Gasteiger partial charge in [-0.3, -0.25) is 9.67 Å². The fourth-order valence-corrected chi connectivity index (χ4v) is 2.98. The summed E-state index contributed by atoms with van der Waals surface area (Å²) in [4.78, 5) is 8.59. The Balaban J connectivity index is 1.45. The van der Waals surface area contributed by atoms with Crippen LogP contribution in [0.3, 0.4) is 0 Å². The minimum Gasteiger partial charge on any atom is -0.356 e. The lowest BCUT2D eigenvalue weighted by molar-refractivity contribution is 0.375. The van der Waals surface area contributed by atoms with E-state index in [4.69, 9.17) is 16.1 Å². The molecule has 0 amide bonds. The first-order valence-corrected chi connectivity index (χ1v) is 9.47. The standard InChI is InChI=1S/C19H24ClN7O/c1-13-10-14(2)27(25-13)9-5-8-22-19(21-3)23-12-17-24-18(26-28-17)15-6-4-7-16(20)11-15/h4,6-7,10-11H,5,8-9,12H2,1-3H3,(H2,21,22,23). The van der Waals surface area contributed by atoms with Gasteiger partial charge in [0.15, 0.2) is 5.96 Å². The summed E-state index contributed by atoms with van der Waals surface area (Å²) in [5.74, 6) is 1.66. The van der Waals surface area contributed by atoms with Crippen LogP contribution >= 0.6 is 11.6 Å². The average molecular weight is 402 g/mol. The zero-order valence-corrected chi connectivity index (χ0v) is 17.0. The number of nitrogens with zero attached hydrogens (tertiary/aromatic N) is 5. The number of benzene rings is 1. The number of aryl methyl sites for hydroxylation is 3. The molecule has 2 N–H and O–H groups in total. The van der Waals surface area contributed by atoms with Gasteiger partial charge in [-0.25, -0.2) is 0 Å². The first kappa shape index (κ1) is 19.9. The molecule has 148 valence electrons. The monoisotopic (exact) mass is 401 g/mol. The fraction of sp³-hybridized carbons (Fsp3) is 0.368. The molecular formula is C19H24ClN7O. The first-order chi connectivity index (χ1) is 13.5. The fourth-order valence-electron chi connectivity index (χ4n) is 2.79. The number of hydrogen-bond acceptors (Lipinski definition) is 5. The molecule has 0 aliphatic rings. The summed E-state index contributed by atoms with van der Waals surface area (Å²) in [7, 11) is 1.72. The van der Waals surface area contributed by atoms with E-state index in [9.17, 15) is 0 Å². The normalized spacial score (nSPS) is 11.6. The number of aliphatic imine (C=N–C) groups is 1. The van der Waals surface area contributed by atoms with E-state index in [1.165, 1.54) is 5.69 Å². The Labute approximate surface area is 169 Å². The molecule has 1 aromatic carbocycles. The molecule has 0 unspecified atom stereocenters. The molecule has 0 bridgehead atoms. The predicted molar refractivity (Wildman–Crippen MR) is 109 cm³/mol. The maximum Gasteiger partial charge on any atom is 0.246 e. The van der Waals surface area contributed by atoms with Crippen LogP contribution in [0.5, 0.6) is 0 Å². The molecule has 2 aromatic heterocycles. The second-order valence-electron chi connectivity index (χ2n) is 6.38. The molecule has 3 aromatic rings. The molecule has 0 radical (unpaired) electrons. The molecule has 3 rings (SSSR count). The van der Waals surface area contributed by atoms with Crippen LogP contribution < -0.4 is 10.6 Å². The number of hydrogen-bond donors (Lipinski definition) is 2. The lowest BCUT2D eigenvalue weighted by Gasteiger charge is -2.10. The van der Waals surface area contributed by atoms with Crippen LogP contribution in [0.4, 0.5) is 0 Å². The van der Waals surface area contributed by atoms with Crippen molar-refractivity contribution in [2.45, 2.75) is 33.4 Å². The Kier molecular flexibility index (Phi) is 6.65. The minimum atomic E-state index is 0.380. The molecular weight excluding hydrogens is 378 g/mol. The second kappa shape index (κ2) is 9.36. The second-order valence-corrected chi connectivity index (χ2v) is 6.81. The molecule has 2 heterocycles. The van der Waals surface area contributed by atoms with E-state index in [-0.39, 0.29) is 0 Å². The van der Waals surface area contributed by atoms with Crippen molar-refractivity contribution in [3.63, 3.8) is 0 Å². The van der Waals surface area contributed by atoms with Gasteiger partial charge >= 0.3 is 0 Å². The van der Waals surface area contributed by atoms with Crippen LogP contribution in [0.1, 0.15) is 23.7 Å². The van der Waals surface area contributed by atoms with Crippen molar-refractivity contribution in [1.82, 2.24) is 30.6 Å². The number of nitrogens with one attached hydrogen (secondary N) is 2. The Hall–Kier alpha value is -2.87. The van der Waals surface area contributed by atoms with Crippen LogP contribution in [0.25, 0.3) is 11.4 Å². The van der Waals surface area contributed by atoms with Crippen molar-refractivity contribution in [1.29, 1.82) is 0 Å². The highest BCUT2D eigenvalue weighted by Gasteiger charge is 2.09. The summed E-state index contributed by atoms with van der Waals surface area (Å²) in [6.45, 7) is 6.08. The van der Waals surface area contributed by atoms with Gasteiger partial charge in [-0.1, -0.05) is 28.9 Å². The van der Waals surface area contributed by atoms with E-state index in [0.717, 1.165) is 30.8 Å². The summed E-state index contributed by atoms with van der Waals surface area (Å²) >= 11 is 6.00. The van der Waals surface area contributed by atoms with E-state index in [2.05, 4.69) is 43.9 Å². The quantitative estimate of drug-likeness (QED) is 0.359. The summed E-state index contributed by atoms with van der Waals surface area (Å²) in [6, 6.07) is 9.42. The average Bonchev–Trinajstić information content (AvgIpc) is 3.27. The highest BCUT2D eigenvalue weighted by molar-refractivity contribution is 6.30. The maximum absolute atomic E-state index is 6.00. The van der Waals surface area contributed by atoms with E-state index in [1.54, 1.807) is 19.2 Å². The third-order valence-electron chi connectivity index (χ3n) is 4.12. The predicted octanol–water partition coefficient (Wildman–Crippen LogP) is 2.96. The van der Waals surface area contributed by atoms with Gasteiger partial charge in [-0.2, -0.15) is 10.1 Å². The summed E-state index contributed by atoms with van der Waals surface area (Å²) < 4.78 is 7.31. The Morgan fingerprint density at radius 3 is 2.82 bits per heavy atom. The van der Waals surface area contributed by atoms with Crippen molar-refractivity contribution in [2.75, 3.05) is 13.6 Å². The smallest absolute Gasteiger partial charge is 0.246 e. The van der Waals surface area contributed by atoms with Crippen molar-refractivity contribution in [3.8, 4) is 11.4 Å². The Morgan fingerprint density at radius 2 is 2.11 bits per heavy atom.